The van der Waals surface area contributed by atoms with Crippen LogP contribution in [0.3, 0.4) is 0 Å². The monoisotopic (exact) mass is 428 g/mol. The molecular formula is C30H36O2. The molecule has 32 heavy (non-hydrogen) atoms. The molecule has 3 rings (SSSR count). The summed E-state index contributed by atoms with van der Waals surface area (Å²) in [5.74, 6) is 0.647. The summed E-state index contributed by atoms with van der Waals surface area (Å²) in [6.45, 7) is 14.7. The Bertz CT molecular complexity index is 1030. The lowest BCUT2D eigenvalue weighted by Gasteiger charge is -2.28. The highest BCUT2D eigenvalue weighted by molar-refractivity contribution is 6.30. The van der Waals surface area contributed by atoms with Crippen molar-refractivity contribution in [2.75, 3.05) is 0 Å². The molecule has 0 radical (unpaired) electrons. The Labute approximate surface area is 193 Å². The smallest absolute Gasteiger partial charge is 0.190 e. The average molecular weight is 429 g/mol. The van der Waals surface area contributed by atoms with E-state index >= 15 is 0 Å². The van der Waals surface area contributed by atoms with Gasteiger partial charge >= 0.3 is 0 Å². The maximum Gasteiger partial charge on any atom is 0.190 e. The molecule has 0 saturated heterocycles. The largest absolute Gasteiger partial charge is 0.289 e. The number of Topliss-reactive ketones (excluding diaryl/α,β-unsaturated/α-hetero) is 2. The van der Waals surface area contributed by atoms with Gasteiger partial charge in [0.05, 0.1) is 0 Å². The Morgan fingerprint density at radius 2 is 1.22 bits per heavy atom. The summed E-state index contributed by atoms with van der Waals surface area (Å²) in [6.07, 6.45) is 10.00. The van der Waals surface area contributed by atoms with E-state index in [9.17, 15) is 9.59 Å². The van der Waals surface area contributed by atoms with Crippen LogP contribution in [-0.4, -0.2) is 11.6 Å². The first-order valence-corrected chi connectivity index (χ1v) is 11.8. The lowest BCUT2D eigenvalue weighted by Crippen LogP contribution is -2.23. The molecular weight excluding hydrogens is 392 g/mol. The molecule has 2 atom stereocenters. The Morgan fingerprint density at radius 3 is 1.69 bits per heavy atom. The number of ketones is 2. The number of hydrogen-bond acceptors (Lipinski definition) is 2. The van der Waals surface area contributed by atoms with Crippen LogP contribution in [0.5, 0.6) is 0 Å². The van der Waals surface area contributed by atoms with Crippen LogP contribution < -0.4 is 0 Å². The van der Waals surface area contributed by atoms with Gasteiger partial charge in [0.25, 0.3) is 0 Å². The summed E-state index contributed by atoms with van der Waals surface area (Å²) in [6, 6.07) is 9.87. The topological polar surface area (TPSA) is 34.1 Å². The molecule has 2 aliphatic rings. The molecule has 0 saturated carbocycles. The van der Waals surface area contributed by atoms with E-state index < -0.39 is 0 Å². The van der Waals surface area contributed by atoms with Crippen molar-refractivity contribution in [2.45, 2.75) is 61.3 Å². The van der Waals surface area contributed by atoms with Crippen LogP contribution in [0.4, 0.5) is 0 Å². The van der Waals surface area contributed by atoms with Crippen molar-refractivity contribution >= 4 is 17.1 Å². The zero-order chi connectivity index (χ0) is 23.6. The van der Waals surface area contributed by atoms with E-state index in [1.54, 1.807) is 0 Å². The van der Waals surface area contributed by atoms with E-state index in [1.807, 2.05) is 42.5 Å². The molecule has 0 amide bonds. The van der Waals surface area contributed by atoms with Gasteiger partial charge in [0.1, 0.15) is 0 Å². The standard InChI is InChI=1S/C30H36O2/c1-8-19(3)24-15-22(16-25(28(24)31)20(4)9-2)23-17-26(21-13-11-10-12-14-21)29(32)27(18-23)30(5,6)7/h10-20H,8-9H2,1-7H3. The highest BCUT2D eigenvalue weighted by Crippen LogP contribution is 2.39. The highest BCUT2D eigenvalue weighted by atomic mass is 16.1. The average Bonchev–Trinajstić information content (AvgIpc) is 2.78. The van der Waals surface area contributed by atoms with Crippen LogP contribution in [-0.2, 0) is 9.59 Å². The second-order valence-electron chi connectivity index (χ2n) is 10.1. The molecule has 2 heteroatoms. The number of carbonyl (C=O) groups excluding carboxylic acids is 2. The molecule has 2 unspecified atom stereocenters. The first-order valence-electron chi connectivity index (χ1n) is 11.8. The fourth-order valence-corrected chi connectivity index (χ4v) is 4.20. The van der Waals surface area contributed by atoms with Crippen molar-refractivity contribution in [2.24, 2.45) is 17.3 Å². The summed E-state index contributed by atoms with van der Waals surface area (Å²) >= 11 is 0. The van der Waals surface area contributed by atoms with Crippen molar-refractivity contribution < 1.29 is 9.59 Å². The minimum Gasteiger partial charge on any atom is -0.289 e. The first kappa shape index (κ1) is 23.9. The van der Waals surface area contributed by atoms with Gasteiger partial charge in [-0.15, -0.1) is 0 Å². The minimum absolute atomic E-state index is 0.0807. The SMILES string of the molecule is CCC(C)C1=CC(=C2C=C(c3ccccc3)C(=O)C(C(C)(C)C)=C2)C=C(C(C)CC)C1=O. The van der Waals surface area contributed by atoms with Crippen LogP contribution in [0.1, 0.15) is 66.9 Å². The van der Waals surface area contributed by atoms with Crippen molar-refractivity contribution in [1.29, 1.82) is 0 Å². The minimum atomic E-state index is -0.284. The lowest BCUT2D eigenvalue weighted by molar-refractivity contribution is -0.113. The summed E-state index contributed by atoms with van der Waals surface area (Å²) in [5, 5.41) is 0. The van der Waals surface area contributed by atoms with E-state index in [0.717, 1.165) is 51.8 Å². The van der Waals surface area contributed by atoms with E-state index in [2.05, 4.69) is 60.6 Å². The van der Waals surface area contributed by atoms with Gasteiger partial charge in [-0.1, -0.05) is 78.8 Å². The number of rotatable bonds is 5. The maximum absolute atomic E-state index is 13.4. The summed E-state index contributed by atoms with van der Waals surface area (Å²) < 4.78 is 0. The van der Waals surface area contributed by atoms with Crippen LogP contribution in [0.15, 0.2) is 82.5 Å². The summed E-state index contributed by atoms with van der Waals surface area (Å²) in [4.78, 5) is 26.7. The predicted octanol–water partition coefficient (Wildman–Crippen LogP) is 7.45. The molecule has 1 aromatic carbocycles. The van der Waals surface area contributed by atoms with Crippen LogP contribution >= 0.6 is 0 Å². The Kier molecular flexibility index (Phi) is 7.03. The summed E-state index contributed by atoms with van der Waals surface area (Å²) in [7, 11) is 0. The van der Waals surface area contributed by atoms with Crippen molar-refractivity contribution in [3.05, 3.63) is 88.1 Å². The zero-order valence-electron chi connectivity index (χ0n) is 20.6. The van der Waals surface area contributed by atoms with Gasteiger partial charge in [-0.25, -0.2) is 0 Å². The fraction of sp³-hybridized carbons (Fsp3) is 0.400. The van der Waals surface area contributed by atoms with E-state index in [1.165, 1.54) is 0 Å². The predicted molar refractivity (Wildman–Crippen MR) is 134 cm³/mol. The maximum atomic E-state index is 13.4. The van der Waals surface area contributed by atoms with Crippen molar-refractivity contribution in [3.63, 3.8) is 0 Å². The van der Waals surface area contributed by atoms with Crippen LogP contribution in [0.2, 0.25) is 0 Å². The van der Waals surface area contributed by atoms with Gasteiger partial charge in [-0.3, -0.25) is 9.59 Å². The molecule has 0 aromatic heterocycles. The van der Waals surface area contributed by atoms with Gasteiger partial charge in [0.15, 0.2) is 11.6 Å². The van der Waals surface area contributed by atoms with Crippen LogP contribution in [0.25, 0.3) is 5.57 Å². The first-order chi connectivity index (χ1) is 15.1. The number of allylic oxidation sites excluding steroid dienone is 10. The zero-order valence-corrected chi connectivity index (χ0v) is 20.6. The Morgan fingerprint density at radius 1 is 0.719 bits per heavy atom. The molecule has 1 aromatic rings. The quantitative estimate of drug-likeness (QED) is 0.488. The van der Waals surface area contributed by atoms with Gasteiger partial charge in [-0.2, -0.15) is 0 Å². The fourth-order valence-electron chi connectivity index (χ4n) is 4.20. The van der Waals surface area contributed by atoms with Gasteiger partial charge < -0.3 is 0 Å². The molecule has 0 N–H and O–H groups in total. The van der Waals surface area contributed by atoms with Crippen molar-refractivity contribution in [3.8, 4) is 0 Å². The molecule has 0 spiro atoms. The summed E-state index contributed by atoms with van der Waals surface area (Å²) in [5.41, 5.74) is 5.95. The normalized spacial score (nSPS) is 19.2. The van der Waals surface area contributed by atoms with Crippen molar-refractivity contribution in [1.82, 2.24) is 0 Å². The highest BCUT2D eigenvalue weighted by Gasteiger charge is 2.32. The van der Waals surface area contributed by atoms with Gasteiger partial charge in [0.2, 0.25) is 0 Å². The molecule has 2 nitrogen and oxygen atoms in total. The second-order valence-corrected chi connectivity index (χ2v) is 10.1. The third kappa shape index (κ3) is 4.70. The molecule has 0 fully saturated rings. The number of hydrogen-bond donors (Lipinski definition) is 0. The van der Waals surface area contributed by atoms with Gasteiger partial charge in [0, 0.05) is 22.3 Å². The van der Waals surface area contributed by atoms with E-state index in [4.69, 9.17) is 0 Å². The van der Waals surface area contributed by atoms with E-state index in [-0.39, 0.29) is 28.8 Å². The molecule has 0 heterocycles. The van der Waals surface area contributed by atoms with E-state index in [0.29, 0.717) is 0 Å². The molecule has 0 bridgehead atoms. The van der Waals surface area contributed by atoms with Gasteiger partial charge in [-0.05, 0) is 71.1 Å². The third-order valence-electron chi connectivity index (χ3n) is 6.75. The Hall–Kier alpha value is -2.74. The third-order valence-corrected chi connectivity index (χ3v) is 6.75. The number of carbonyl (C=O) groups is 2. The molecule has 0 aliphatic heterocycles. The second kappa shape index (κ2) is 9.40. The number of benzene rings is 1. The lowest BCUT2D eigenvalue weighted by atomic mass is 9.74. The molecule has 168 valence electrons. The molecule has 2 aliphatic carbocycles. The Balaban J connectivity index is 2.30. The van der Waals surface area contributed by atoms with Crippen LogP contribution in [0, 0.1) is 17.3 Å².